The summed E-state index contributed by atoms with van der Waals surface area (Å²) in [6.45, 7) is 4.92. The Labute approximate surface area is 105 Å². The molecule has 0 unspecified atom stereocenters. The Morgan fingerprint density at radius 3 is 2.89 bits per heavy atom. The van der Waals surface area contributed by atoms with E-state index in [9.17, 15) is 0 Å². The van der Waals surface area contributed by atoms with E-state index in [1.54, 1.807) is 0 Å². The number of aryl methyl sites for hydroxylation is 2. The summed E-state index contributed by atoms with van der Waals surface area (Å²) in [5.74, 6) is 4.57. The topological polar surface area (TPSA) is 64.1 Å². The van der Waals surface area contributed by atoms with Gasteiger partial charge in [0, 0.05) is 0 Å². The Bertz CT molecular complexity index is 601. The van der Waals surface area contributed by atoms with Gasteiger partial charge in [-0.25, -0.2) is 0 Å². The van der Waals surface area contributed by atoms with Gasteiger partial charge in [0.25, 0.3) is 0 Å². The fourth-order valence-corrected chi connectivity index (χ4v) is 2.94. The minimum atomic E-state index is 0.254. The minimum Gasteiger partial charge on any atom is -0.466 e. The third-order valence-electron chi connectivity index (χ3n) is 4.00. The molecule has 0 spiro atoms. The number of rotatable bonds is 2. The van der Waals surface area contributed by atoms with Crippen LogP contribution in [0.5, 0.6) is 0 Å². The minimum absolute atomic E-state index is 0.254. The zero-order valence-electron chi connectivity index (χ0n) is 10.4. The van der Waals surface area contributed by atoms with Crippen LogP contribution >= 0.6 is 0 Å². The number of nitrogens with one attached hydrogen (secondary N) is 1. The molecule has 0 bridgehead atoms. The first-order chi connectivity index (χ1) is 8.72. The number of hydrogen-bond donors (Lipinski definition) is 1. The van der Waals surface area contributed by atoms with E-state index in [-0.39, 0.29) is 6.04 Å². The molecule has 2 aromatic heterocycles. The molecule has 94 valence electrons. The van der Waals surface area contributed by atoms with Crippen LogP contribution in [0.2, 0.25) is 0 Å². The largest absolute Gasteiger partial charge is 0.466 e. The first kappa shape index (κ1) is 10.3. The number of aromatic nitrogens is 2. The fraction of sp³-hybridized carbons (Fsp3) is 0.538. The van der Waals surface area contributed by atoms with Crippen LogP contribution in [0.3, 0.4) is 0 Å². The van der Waals surface area contributed by atoms with Gasteiger partial charge in [0.2, 0.25) is 11.7 Å². The predicted octanol–water partition coefficient (Wildman–Crippen LogP) is 2.23. The summed E-state index contributed by atoms with van der Waals surface area (Å²) >= 11 is 0. The lowest BCUT2D eigenvalue weighted by Gasteiger charge is -2.05. The standard InChI is InChI=1S/C13H15N3O2/c1-6-3-9(7(2)17-6)12-15-13(18-16-12)11-10-4-8(10)5-14-11/h3,8,10-11,14H,4-5H2,1-2H3/t8-,10-,11+/m0/s1. The van der Waals surface area contributed by atoms with E-state index < -0.39 is 0 Å². The van der Waals surface area contributed by atoms with Gasteiger partial charge >= 0.3 is 0 Å². The van der Waals surface area contributed by atoms with E-state index in [1.807, 2.05) is 19.9 Å². The van der Waals surface area contributed by atoms with Crippen LogP contribution in [0.15, 0.2) is 15.0 Å². The van der Waals surface area contributed by atoms with Gasteiger partial charge in [-0.2, -0.15) is 4.98 Å². The molecule has 1 aliphatic heterocycles. The Kier molecular flexibility index (Phi) is 1.97. The second-order valence-corrected chi connectivity index (χ2v) is 5.33. The summed E-state index contributed by atoms with van der Waals surface area (Å²) in [6, 6.07) is 2.20. The molecular weight excluding hydrogens is 230 g/mol. The summed E-state index contributed by atoms with van der Waals surface area (Å²) in [6.07, 6.45) is 1.29. The average molecular weight is 245 g/mol. The normalized spacial score (nSPS) is 29.6. The van der Waals surface area contributed by atoms with E-state index in [1.165, 1.54) is 6.42 Å². The fourth-order valence-electron chi connectivity index (χ4n) is 2.94. The molecule has 1 saturated heterocycles. The maximum atomic E-state index is 5.50. The van der Waals surface area contributed by atoms with Crippen molar-refractivity contribution in [3.05, 3.63) is 23.5 Å². The van der Waals surface area contributed by atoms with E-state index in [2.05, 4.69) is 15.5 Å². The van der Waals surface area contributed by atoms with Crippen LogP contribution < -0.4 is 5.32 Å². The molecule has 1 saturated carbocycles. The summed E-state index contributed by atoms with van der Waals surface area (Å²) in [7, 11) is 0. The molecule has 0 aromatic carbocycles. The van der Waals surface area contributed by atoms with Gasteiger partial charge in [-0.1, -0.05) is 5.16 Å². The van der Waals surface area contributed by atoms with Crippen molar-refractivity contribution in [3.8, 4) is 11.4 Å². The van der Waals surface area contributed by atoms with Crippen LogP contribution in [-0.4, -0.2) is 16.7 Å². The molecule has 2 aromatic rings. The molecular formula is C13H15N3O2. The number of hydrogen-bond acceptors (Lipinski definition) is 5. The zero-order chi connectivity index (χ0) is 12.3. The first-order valence-electron chi connectivity index (χ1n) is 6.37. The van der Waals surface area contributed by atoms with Crippen molar-refractivity contribution in [2.24, 2.45) is 11.8 Å². The Hall–Kier alpha value is -1.62. The Morgan fingerprint density at radius 2 is 2.28 bits per heavy atom. The molecule has 3 atom stereocenters. The third-order valence-corrected chi connectivity index (χ3v) is 4.00. The van der Waals surface area contributed by atoms with Crippen LogP contribution in [0.4, 0.5) is 0 Å². The van der Waals surface area contributed by atoms with Gasteiger partial charge in [-0.3, -0.25) is 0 Å². The van der Waals surface area contributed by atoms with Crippen LogP contribution in [0.25, 0.3) is 11.4 Å². The maximum absolute atomic E-state index is 5.50. The quantitative estimate of drug-likeness (QED) is 0.879. The highest BCUT2D eigenvalue weighted by molar-refractivity contribution is 5.57. The van der Waals surface area contributed by atoms with Crippen LogP contribution in [-0.2, 0) is 0 Å². The van der Waals surface area contributed by atoms with E-state index in [0.717, 1.165) is 29.5 Å². The van der Waals surface area contributed by atoms with Crippen molar-refractivity contribution in [1.29, 1.82) is 0 Å². The monoisotopic (exact) mass is 245 g/mol. The SMILES string of the molecule is Cc1cc(-c2noc([C@@H]3NC[C@@H]4C[C@@H]43)n2)c(C)o1. The first-order valence-corrected chi connectivity index (χ1v) is 6.37. The lowest BCUT2D eigenvalue weighted by atomic mass is 10.2. The maximum Gasteiger partial charge on any atom is 0.244 e. The predicted molar refractivity (Wildman–Crippen MR) is 63.8 cm³/mol. The molecule has 5 heteroatoms. The second-order valence-electron chi connectivity index (χ2n) is 5.33. The van der Waals surface area contributed by atoms with Crippen molar-refractivity contribution >= 4 is 0 Å². The second kappa shape index (κ2) is 3.45. The summed E-state index contributed by atoms with van der Waals surface area (Å²) in [5, 5.41) is 7.51. The molecule has 5 nitrogen and oxygen atoms in total. The van der Waals surface area contributed by atoms with Gasteiger partial charge in [-0.15, -0.1) is 0 Å². The van der Waals surface area contributed by atoms with Crippen molar-refractivity contribution in [2.75, 3.05) is 6.54 Å². The van der Waals surface area contributed by atoms with E-state index >= 15 is 0 Å². The highest BCUT2D eigenvalue weighted by Crippen LogP contribution is 2.51. The van der Waals surface area contributed by atoms with Crippen molar-refractivity contribution < 1.29 is 8.94 Å². The molecule has 2 aliphatic rings. The molecule has 2 fully saturated rings. The molecule has 4 rings (SSSR count). The smallest absolute Gasteiger partial charge is 0.244 e. The van der Waals surface area contributed by atoms with Gasteiger partial charge in [-0.05, 0) is 44.7 Å². The van der Waals surface area contributed by atoms with E-state index in [0.29, 0.717) is 17.6 Å². The molecule has 3 heterocycles. The van der Waals surface area contributed by atoms with E-state index in [4.69, 9.17) is 8.94 Å². The molecule has 18 heavy (non-hydrogen) atoms. The van der Waals surface area contributed by atoms with Crippen molar-refractivity contribution in [3.63, 3.8) is 0 Å². The summed E-state index contributed by atoms with van der Waals surface area (Å²) < 4.78 is 10.9. The van der Waals surface area contributed by atoms with Gasteiger partial charge in [0.1, 0.15) is 11.5 Å². The summed E-state index contributed by atoms with van der Waals surface area (Å²) in [4.78, 5) is 4.51. The average Bonchev–Trinajstić information content (AvgIpc) is 2.73. The lowest BCUT2D eigenvalue weighted by molar-refractivity contribution is 0.331. The zero-order valence-corrected chi connectivity index (χ0v) is 10.4. The van der Waals surface area contributed by atoms with Crippen molar-refractivity contribution in [1.82, 2.24) is 15.5 Å². The number of nitrogens with zero attached hydrogens (tertiary/aromatic N) is 2. The highest BCUT2D eigenvalue weighted by Gasteiger charge is 2.50. The number of piperidine rings is 1. The van der Waals surface area contributed by atoms with Gasteiger partial charge in [0.05, 0.1) is 11.6 Å². The summed E-state index contributed by atoms with van der Waals surface area (Å²) in [5.41, 5.74) is 0.924. The van der Waals surface area contributed by atoms with Gasteiger partial charge in [0.15, 0.2) is 0 Å². The molecule has 1 N–H and O–H groups in total. The van der Waals surface area contributed by atoms with Crippen LogP contribution in [0.1, 0.15) is 29.9 Å². The molecule has 0 radical (unpaired) electrons. The van der Waals surface area contributed by atoms with Crippen molar-refractivity contribution in [2.45, 2.75) is 26.3 Å². The Balaban J connectivity index is 1.67. The van der Waals surface area contributed by atoms with Gasteiger partial charge < -0.3 is 14.3 Å². The number of fused-ring (bicyclic) bond motifs is 1. The van der Waals surface area contributed by atoms with Crippen LogP contribution in [0, 0.1) is 25.7 Å². The third kappa shape index (κ3) is 1.43. The molecule has 0 amide bonds. The lowest BCUT2D eigenvalue weighted by Crippen LogP contribution is -2.18. The highest BCUT2D eigenvalue weighted by atomic mass is 16.5. The number of furan rings is 1. The molecule has 1 aliphatic carbocycles. The Morgan fingerprint density at radius 1 is 1.39 bits per heavy atom.